The monoisotopic (exact) mass is 161 g/mol. The fourth-order valence-corrected chi connectivity index (χ4v) is 0.815. The Kier molecular flexibility index (Phi) is 5.03. The molecule has 0 unspecified atom stereocenters. The van der Waals surface area contributed by atoms with Gasteiger partial charge in [0.2, 0.25) is 5.91 Å². The van der Waals surface area contributed by atoms with E-state index in [0.717, 1.165) is 12.8 Å². The lowest BCUT2D eigenvalue weighted by Crippen LogP contribution is -2.13. The molecule has 10 heavy (non-hydrogen) atoms. The fraction of sp³-hybridized carbons (Fsp3) is 0.571. The van der Waals surface area contributed by atoms with E-state index < -0.39 is 5.91 Å². The van der Waals surface area contributed by atoms with E-state index >= 15 is 0 Å². The van der Waals surface area contributed by atoms with Gasteiger partial charge in [0, 0.05) is 11.1 Å². The minimum atomic E-state index is -0.413. The Morgan fingerprint density at radius 3 is 2.60 bits per heavy atom. The Balaban J connectivity index is 3.74. The third-order valence-electron chi connectivity index (χ3n) is 1.25. The van der Waals surface area contributed by atoms with Gasteiger partial charge in [-0.05, 0) is 12.8 Å². The molecule has 58 valence electrons. The molecule has 0 bridgehead atoms. The van der Waals surface area contributed by atoms with Gasteiger partial charge in [-0.25, -0.2) is 0 Å². The fourth-order valence-electron chi connectivity index (χ4n) is 0.599. The zero-order chi connectivity index (χ0) is 7.98. The molecule has 0 aromatic carbocycles. The number of unbranched alkanes of at least 4 members (excludes halogenated alkanes) is 1. The summed E-state index contributed by atoms with van der Waals surface area (Å²) < 4.78 is 0. The Bertz CT molecular complexity index is 143. The van der Waals surface area contributed by atoms with Crippen molar-refractivity contribution in [1.29, 1.82) is 0 Å². The van der Waals surface area contributed by atoms with Crippen LogP contribution in [0.15, 0.2) is 11.1 Å². The molecule has 2 N–H and O–H groups in total. The van der Waals surface area contributed by atoms with E-state index in [-0.39, 0.29) is 0 Å². The first kappa shape index (κ1) is 9.50. The van der Waals surface area contributed by atoms with Gasteiger partial charge in [-0.1, -0.05) is 24.9 Å². The number of carbonyl (C=O) groups is 1. The molecule has 0 saturated heterocycles. The third kappa shape index (κ3) is 3.51. The number of amides is 1. The van der Waals surface area contributed by atoms with Gasteiger partial charge in [0.1, 0.15) is 0 Å². The predicted octanol–water partition coefficient (Wildman–Crippen LogP) is 1.78. The van der Waals surface area contributed by atoms with Crippen LogP contribution in [0, 0.1) is 0 Å². The highest BCUT2D eigenvalue weighted by atomic mass is 35.5. The third-order valence-corrected chi connectivity index (χ3v) is 1.51. The van der Waals surface area contributed by atoms with Crippen LogP contribution in [0.25, 0.3) is 0 Å². The molecule has 0 spiro atoms. The Hall–Kier alpha value is -0.500. The zero-order valence-electron chi connectivity index (χ0n) is 6.06. The summed E-state index contributed by atoms with van der Waals surface area (Å²) in [7, 11) is 0. The largest absolute Gasteiger partial charge is 0.366 e. The second-order valence-electron chi connectivity index (χ2n) is 2.10. The summed E-state index contributed by atoms with van der Waals surface area (Å²) in [6, 6.07) is 0. The van der Waals surface area contributed by atoms with Gasteiger partial charge in [0.15, 0.2) is 0 Å². The van der Waals surface area contributed by atoms with Crippen molar-refractivity contribution >= 4 is 17.5 Å². The molecule has 0 fully saturated rings. The molecule has 0 saturated carbocycles. The molecular formula is C7H12ClNO. The molecule has 1 amide bonds. The molecule has 0 aliphatic rings. The predicted molar refractivity (Wildman–Crippen MR) is 42.7 cm³/mol. The number of hydrogen-bond donors (Lipinski definition) is 1. The van der Waals surface area contributed by atoms with E-state index in [4.69, 9.17) is 17.3 Å². The van der Waals surface area contributed by atoms with Crippen molar-refractivity contribution in [1.82, 2.24) is 0 Å². The SMILES string of the molecule is CCCC/C(=C\Cl)C(N)=O. The van der Waals surface area contributed by atoms with Crippen molar-refractivity contribution in [2.45, 2.75) is 26.2 Å². The van der Waals surface area contributed by atoms with Crippen LogP contribution in [0.3, 0.4) is 0 Å². The Morgan fingerprint density at radius 1 is 1.70 bits per heavy atom. The smallest absolute Gasteiger partial charge is 0.245 e. The van der Waals surface area contributed by atoms with E-state index in [1.54, 1.807) is 0 Å². The maximum atomic E-state index is 10.5. The van der Waals surface area contributed by atoms with Crippen molar-refractivity contribution < 1.29 is 4.79 Å². The minimum absolute atomic E-state index is 0.413. The average molecular weight is 162 g/mol. The van der Waals surface area contributed by atoms with Crippen molar-refractivity contribution in [3.05, 3.63) is 11.1 Å². The summed E-state index contributed by atoms with van der Waals surface area (Å²) in [5, 5.41) is 0. The van der Waals surface area contributed by atoms with Gasteiger partial charge in [-0.15, -0.1) is 0 Å². The Labute approximate surface area is 66.0 Å². The number of nitrogens with two attached hydrogens (primary N) is 1. The highest BCUT2D eigenvalue weighted by molar-refractivity contribution is 6.27. The molecule has 0 radical (unpaired) electrons. The van der Waals surface area contributed by atoms with Crippen LogP contribution in [0.2, 0.25) is 0 Å². The van der Waals surface area contributed by atoms with Gasteiger partial charge in [0.05, 0.1) is 0 Å². The summed E-state index contributed by atoms with van der Waals surface area (Å²) in [4.78, 5) is 10.5. The van der Waals surface area contributed by atoms with Crippen LogP contribution >= 0.6 is 11.6 Å². The van der Waals surface area contributed by atoms with Crippen molar-refractivity contribution in [3.63, 3.8) is 0 Å². The molecule has 0 rings (SSSR count). The van der Waals surface area contributed by atoms with Crippen LogP contribution in [-0.2, 0) is 4.79 Å². The van der Waals surface area contributed by atoms with E-state index in [1.807, 2.05) is 6.92 Å². The number of primary amides is 1. The lowest BCUT2D eigenvalue weighted by atomic mass is 10.1. The van der Waals surface area contributed by atoms with Gasteiger partial charge < -0.3 is 5.73 Å². The highest BCUT2D eigenvalue weighted by Gasteiger charge is 2.01. The molecule has 0 heterocycles. The van der Waals surface area contributed by atoms with E-state index in [9.17, 15) is 4.79 Å². The molecule has 3 heteroatoms. The molecule has 0 atom stereocenters. The maximum Gasteiger partial charge on any atom is 0.245 e. The number of hydrogen-bond acceptors (Lipinski definition) is 1. The van der Waals surface area contributed by atoms with E-state index in [2.05, 4.69) is 0 Å². The van der Waals surface area contributed by atoms with Gasteiger partial charge in [-0.2, -0.15) is 0 Å². The zero-order valence-corrected chi connectivity index (χ0v) is 6.82. The van der Waals surface area contributed by atoms with Gasteiger partial charge in [-0.3, -0.25) is 4.79 Å². The second kappa shape index (κ2) is 5.30. The van der Waals surface area contributed by atoms with Crippen LogP contribution in [0.1, 0.15) is 26.2 Å². The molecule has 0 aromatic rings. The summed E-state index contributed by atoms with van der Waals surface area (Å²) in [5.41, 5.74) is 6.78. The van der Waals surface area contributed by atoms with E-state index in [0.29, 0.717) is 12.0 Å². The van der Waals surface area contributed by atoms with Crippen molar-refractivity contribution in [3.8, 4) is 0 Å². The lowest BCUT2D eigenvalue weighted by Gasteiger charge is -1.97. The average Bonchev–Trinajstić information content (AvgIpc) is 1.89. The van der Waals surface area contributed by atoms with Crippen LogP contribution in [0.4, 0.5) is 0 Å². The molecule has 0 aliphatic heterocycles. The first-order valence-corrected chi connectivity index (χ1v) is 3.75. The van der Waals surface area contributed by atoms with E-state index in [1.165, 1.54) is 5.54 Å². The van der Waals surface area contributed by atoms with Crippen LogP contribution in [0.5, 0.6) is 0 Å². The highest BCUT2D eigenvalue weighted by Crippen LogP contribution is 2.07. The van der Waals surface area contributed by atoms with Crippen molar-refractivity contribution in [2.75, 3.05) is 0 Å². The first-order chi connectivity index (χ1) is 4.72. The molecule has 0 aliphatic carbocycles. The summed E-state index contributed by atoms with van der Waals surface area (Å²) in [5.74, 6) is -0.413. The number of carbonyl (C=O) groups excluding carboxylic acids is 1. The van der Waals surface area contributed by atoms with Gasteiger partial charge >= 0.3 is 0 Å². The van der Waals surface area contributed by atoms with Crippen molar-refractivity contribution in [2.24, 2.45) is 5.73 Å². The van der Waals surface area contributed by atoms with Gasteiger partial charge in [0.25, 0.3) is 0 Å². The maximum absolute atomic E-state index is 10.5. The first-order valence-electron chi connectivity index (χ1n) is 3.31. The summed E-state index contributed by atoms with van der Waals surface area (Å²) in [6.07, 6.45) is 2.69. The summed E-state index contributed by atoms with van der Waals surface area (Å²) in [6.45, 7) is 2.05. The molecular weight excluding hydrogens is 150 g/mol. The van der Waals surface area contributed by atoms with Crippen LogP contribution in [-0.4, -0.2) is 5.91 Å². The second-order valence-corrected chi connectivity index (χ2v) is 2.32. The summed E-state index contributed by atoms with van der Waals surface area (Å²) >= 11 is 5.34. The lowest BCUT2D eigenvalue weighted by molar-refractivity contribution is -0.114. The molecule has 2 nitrogen and oxygen atoms in total. The normalized spacial score (nSPS) is 11.6. The topological polar surface area (TPSA) is 43.1 Å². The van der Waals surface area contributed by atoms with Crippen LogP contribution < -0.4 is 5.73 Å². The standard InChI is InChI=1S/C7H12ClNO/c1-2-3-4-6(5-8)7(9)10/h5H,2-4H2,1H3,(H2,9,10)/b6-5+. The minimum Gasteiger partial charge on any atom is -0.366 e. The Morgan fingerprint density at radius 2 is 2.30 bits per heavy atom. The number of rotatable bonds is 4. The quantitative estimate of drug-likeness (QED) is 0.628. The number of halogens is 1. The molecule has 0 aromatic heterocycles.